The van der Waals surface area contributed by atoms with Crippen molar-refractivity contribution >= 4 is 16.7 Å². The van der Waals surface area contributed by atoms with Crippen molar-refractivity contribution < 1.29 is 8.78 Å². The third-order valence-electron chi connectivity index (χ3n) is 7.74. The lowest BCUT2D eigenvalue weighted by atomic mass is 9.83. The predicted octanol–water partition coefficient (Wildman–Crippen LogP) is 4.25. The number of aromatic nitrogens is 3. The van der Waals surface area contributed by atoms with E-state index < -0.39 is 5.67 Å². The first-order valence-corrected chi connectivity index (χ1v) is 12.4. The molecule has 0 bridgehead atoms. The average molecular weight is 467 g/mol. The van der Waals surface area contributed by atoms with Crippen LogP contribution in [0, 0.1) is 0 Å². The summed E-state index contributed by atoms with van der Waals surface area (Å²) < 4.78 is 27.3. The number of hydrogen-bond acceptors (Lipinski definition) is 5. The van der Waals surface area contributed by atoms with Crippen LogP contribution in [0.5, 0.6) is 0 Å². The molecule has 180 valence electrons. The van der Waals surface area contributed by atoms with Gasteiger partial charge in [-0.2, -0.15) is 5.10 Å². The largest absolute Gasteiger partial charge is 0.365 e. The molecule has 4 heterocycles. The van der Waals surface area contributed by atoms with Crippen molar-refractivity contribution in [2.24, 2.45) is 0 Å². The second-order valence-corrected chi connectivity index (χ2v) is 10.4. The number of nitrogens with one attached hydrogen (secondary N) is 2. The van der Waals surface area contributed by atoms with Gasteiger partial charge in [-0.25, -0.2) is 9.37 Å². The highest BCUT2D eigenvalue weighted by atomic mass is 19.1. The zero-order valence-electron chi connectivity index (χ0n) is 19.6. The van der Waals surface area contributed by atoms with Crippen LogP contribution >= 0.6 is 0 Å². The lowest BCUT2D eigenvalue weighted by Gasteiger charge is -2.43. The molecule has 2 aliphatic heterocycles. The summed E-state index contributed by atoms with van der Waals surface area (Å²) in [5.41, 5.74) is 3.59. The quantitative estimate of drug-likeness (QED) is 0.520. The molecule has 1 saturated heterocycles. The molecule has 6 nitrogen and oxygen atoms in total. The summed E-state index contributed by atoms with van der Waals surface area (Å²) in [6.07, 6.45) is 6.64. The van der Waals surface area contributed by atoms with Gasteiger partial charge >= 0.3 is 0 Å². The third-order valence-corrected chi connectivity index (χ3v) is 7.74. The molecule has 2 atom stereocenters. The lowest BCUT2D eigenvalue weighted by molar-refractivity contribution is 0.0984. The second kappa shape index (κ2) is 8.57. The molecule has 1 aliphatic carbocycles. The number of alkyl halides is 2. The summed E-state index contributed by atoms with van der Waals surface area (Å²) in [5, 5.41) is 12.0. The number of hydrogen-bond donors (Lipinski definition) is 2. The summed E-state index contributed by atoms with van der Waals surface area (Å²) in [6.45, 7) is 5.06. The van der Waals surface area contributed by atoms with Gasteiger partial charge in [0.15, 0.2) is 0 Å². The second-order valence-electron chi connectivity index (χ2n) is 10.4. The number of rotatable bonds is 8. The number of aromatic amines is 1. The van der Waals surface area contributed by atoms with E-state index in [9.17, 15) is 8.78 Å². The van der Waals surface area contributed by atoms with E-state index in [2.05, 4.69) is 50.4 Å². The molecule has 6 rings (SSSR count). The SMILES string of the molecule is C[C@@H]1Cc2c(ccc3[nH]ncc23)C(c2ccc(NC3CN(CCCF)C3)nc2)N1CC1(F)CC1. The van der Waals surface area contributed by atoms with Crippen LogP contribution in [0.15, 0.2) is 36.7 Å². The first kappa shape index (κ1) is 21.9. The molecule has 3 aromatic rings. The lowest BCUT2D eigenvalue weighted by Crippen LogP contribution is -2.54. The Morgan fingerprint density at radius 1 is 1.18 bits per heavy atom. The number of likely N-dealkylation sites (tertiary alicyclic amines) is 1. The van der Waals surface area contributed by atoms with Crippen molar-refractivity contribution in [1.29, 1.82) is 0 Å². The molecule has 1 aromatic carbocycles. The van der Waals surface area contributed by atoms with Gasteiger partial charge in [-0.05, 0) is 61.4 Å². The van der Waals surface area contributed by atoms with Crippen LogP contribution in [0.2, 0.25) is 0 Å². The number of anilines is 1. The Hall–Kier alpha value is -2.58. The van der Waals surface area contributed by atoms with Crippen LogP contribution in [0.25, 0.3) is 10.9 Å². The molecule has 34 heavy (non-hydrogen) atoms. The Morgan fingerprint density at radius 3 is 2.76 bits per heavy atom. The van der Waals surface area contributed by atoms with Gasteiger partial charge in [0.2, 0.25) is 0 Å². The monoisotopic (exact) mass is 466 g/mol. The minimum Gasteiger partial charge on any atom is -0.365 e. The van der Waals surface area contributed by atoms with Crippen molar-refractivity contribution in [2.75, 3.05) is 38.2 Å². The Morgan fingerprint density at radius 2 is 2.03 bits per heavy atom. The van der Waals surface area contributed by atoms with Crippen molar-refractivity contribution in [3.8, 4) is 0 Å². The standard InChI is InChI=1S/C26H32F2N6/c1-17-11-21-20(4-5-23-22(21)13-30-32-23)25(34(17)16-26(28)7-8-26)18-3-6-24(29-12-18)31-19-14-33(15-19)10-2-9-27/h3-6,12-13,17,19,25H,2,7-11,14-16H2,1H3,(H,29,31)(H,30,32)/t17-,25?/m1/s1. The first-order chi connectivity index (χ1) is 16.5. The maximum absolute atomic E-state index is 15.0. The smallest absolute Gasteiger partial charge is 0.126 e. The van der Waals surface area contributed by atoms with Crippen LogP contribution in [-0.4, -0.2) is 75.6 Å². The van der Waals surface area contributed by atoms with Gasteiger partial charge < -0.3 is 5.32 Å². The van der Waals surface area contributed by atoms with Gasteiger partial charge in [-0.15, -0.1) is 0 Å². The average Bonchev–Trinajstić information content (AvgIpc) is 3.33. The summed E-state index contributed by atoms with van der Waals surface area (Å²) >= 11 is 0. The third kappa shape index (κ3) is 4.07. The van der Waals surface area contributed by atoms with E-state index in [1.807, 2.05) is 18.5 Å². The van der Waals surface area contributed by atoms with E-state index in [-0.39, 0.29) is 18.8 Å². The Labute approximate surface area is 198 Å². The fraction of sp³-hybridized carbons (Fsp3) is 0.538. The molecule has 0 radical (unpaired) electrons. The number of fused-ring (bicyclic) bond motifs is 3. The normalized spacial score (nSPS) is 24.7. The Bertz CT molecular complexity index is 1150. The van der Waals surface area contributed by atoms with Crippen LogP contribution in [0.3, 0.4) is 0 Å². The molecule has 3 aliphatic rings. The molecule has 2 fully saturated rings. The van der Waals surface area contributed by atoms with Crippen LogP contribution < -0.4 is 5.32 Å². The fourth-order valence-corrected chi connectivity index (χ4v) is 5.65. The number of pyridine rings is 1. The van der Waals surface area contributed by atoms with Crippen molar-refractivity contribution in [1.82, 2.24) is 25.0 Å². The maximum atomic E-state index is 15.0. The molecule has 2 N–H and O–H groups in total. The van der Waals surface area contributed by atoms with Crippen molar-refractivity contribution in [2.45, 2.75) is 56.4 Å². The molecule has 0 amide bonds. The van der Waals surface area contributed by atoms with Crippen LogP contribution in [0.4, 0.5) is 14.6 Å². The Balaban J connectivity index is 1.26. The van der Waals surface area contributed by atoms with Crippen molar-refractivity contribution in [3.63, 3.8) is 0 Å². The summed E-state index contributed by atoms with van der Waals surface area (Å²) in [7, 11) is 0. The molecule has 2 aromatic heterocycles. The highest BCUT2D eigenvalue weighted by molar-refractivity contribution is 5.83. The predicted molar refractivity (Wildman–Crippen MR) is 130 cm³/mol. The zero-order chi connectivity index (χ0) is 23.3. The van der Waals surface area contributed by atoms with E-state index in [0.717, 1.165) is 48.3 Å². The minimum absolute atomic E-state index is 0.0345. The van der Waals surface area contributed by atoms with Crippen LogP contribution in [0.1, 0.15) is 48.9 Å². The highest BCUT2D eigenvalue weighted by Crippen LogP contribution is 2.46. The molecule has 0 spiro atoms. The molecule has 1 saturated carbocycles. The van der Waals surface area contributed by atoms with E-state index in [1.165, 1.54) is 11.1 Å². The van der Waals surface area contributed by atoms with Gasteiger partial charge in [0.1, 0.15) is 11.5 Å². The first-order valence-electron chi connectivity index (χ1n) is 12.4. The molecular weight excluding hydrogens is 434 g/mol. The van der Waals surface area contributed by atoms with E-state index in [0.29, 0.717) is 31.8 Å². The number of nitrogens with zero attached hydrogens (tertiary/aromatic N) is 4. The molecular formula is C26H32F2N6. The minimum atomic E-state index is -1.06. The fourth-order valence-electron chi connectivity index (χ4n) is 5.65. The van der Waals surface area contributed by atoms with Crippen molar-refractivity contribution in [3.05, 3.63) is 53.3 Å². The van der Waals surface area contributed by atoms with Gasteiger partial charge in [0, 0.05) is 43.8 Å². The van der Waals surface area contributed by atoms with Gasteiger partial charge in [0.05, 0.1) is 30.5 Å². The van der Waals surface area contributed by atoms with Crippen LogP contribution in [-0.2, 0) is 6.42 Å². The maximum Gasteiger partial charge on any atom is 0.126 e. The van der Waals surface area contributed by atoms with Gasteiger partial charge in [-0.1, -0.05) is 12.1 Å². The molecule has 1 unspecified atom stereocenters. The molecule has 8 heteroatoms. The summed E-state index contributed by atoms with van der Waals surface area (Å²) in [4.78, 5) is 9.32. The van der Waals surface area contributed by atoms with E-state index in [1.54, 1.807) is 0 Å². The zero-order valence-corrected chi connectivity index (χ0v) is 19.6. The Kier molecular flexibility index (Phi) is 5.53. The van der Waals surface area contributed by atoms with E-state index >= 15 is 0 Å². The topological polar surface area (TPSA) is 60.1 Å². The highest BCUT2D eigenvalue weighted by Gasteiger charge is 2.48. The summed E-state index contributed by atoms with van der Waals surface area (Å²) in [5.74, 6) is 0.851. The number of H-pyrrole nitrogens is 1. The van der Waals surface area contributed by atoms with E-state index in [4.69, 9.17) is 4.98 Å². The number of halogens is 2. The summed E-state index contributed by atoms with van der Waals surface area (Å²) in [6, 6.07) is 8.95. The van der Waals surface area contributed by atoms with Gasteiger partial charge in [0.25, 0.3) is 0 Å². The van der Waals surface area contributed by atoms with Gasteiger partial charge in [-0.3, -0.25) is 19.3 Å². The number of benzene rings is 1.